The molecule has 0 radical (unpaired) electrons. The molecule has 5 nitrogen and oxygen atoms in total. The lowest BCUT2D eigenvalue weighted by Gasteiger charge is -2.28. The number of nitrogens with one attached hydrogen (secondary N) is 1. The number of nitriles is 1. The monoisotopic (exact) mass is 239 g/mol. The van der Waals surface area contributed by atoms with Gasteiger partial charge in [0, 0.05) is 13.1 Å². The van der Waals surface area contributed by atoms with Crippen LogP contribution in [-0.2, 0) is 4.79 Å². The summed E-state index contributed by atoms with van der Waals surface area (Å²) in [6, 6.07) is 1.97. The zero-order valence-electron chi connectivity index (χ0n) is 10.4. The molecule has 96 valence electrons. The van der Waals surface area contributed by atoms with E-state index in [-0.39, 0.29) is 12.5 Å². The Bertz CT molecular complexity index is 293. The molecule has 2 N–H and O–H groups in total. The highest BCUT2D eigenvalue weighted by molar-refractivity contribution is 5.77. The number of rotatable bonds is 6. The molecule has 1 aliphatic carbocycles. The van der Waals surface area contributed by atoms with Crippen molar-refractivity contribution in [3.8, 4) is 6.07 Å². The number of carbonyl (C=O) groups excluding carboxylic acids is 1. The number of aliphatic hydroxyl groups is 1. The van der Waals surface area contributed by atoms with Gasteiger partial charge in [-0.2, -0.15) is 5.26 Å². The van der Waals surface area contributed by atoms with Crippen LogP contribution in [0.1, 0.15) is 32.1 Å². The third-order valence-electron chi connectivity index (χ3n) is 3.07. The number of hydrogen-bond acceptors (Lipinski definition) is 4. The van der Waals surface area contributed by atoms with E-state index in [0.29, 0.717) is 19.5 Å². The fraction of sp³-hybridized carbons (Fsp3) is 0.833. The smallest absolute Gasteiger partial charge is 0.234 e. The van der Waals surface area contributed by atoms with Crippen LogP contribution in [0.5, 0.6) is 0 Å². The van der Waals surface area contributed by atoms with Crippen LogP contribution in [0.3, 0.4) is 0 Å². The molecule has 0 saturated heterocycles. The average Bonchev–Trinajstić information content (AvgIpc) is 2.64. The summed E-state index contributed by atoms with van der Waals surface area (Å²) in [5.41, 5.74) is -0.609. The summed E-state index contributed by atoms with van der Waals surface area (Å²) >= 11 is 0. The maximum Gasteiger partial charge on any atom is 0.234 e. The Morgan fingerprint density at radius 3 is 2.76 bits per heavy atom. The first-order valence-electron chi connectivity index (χ1n) is 6.10. The summed E-state index contributed by atoms with van der Waals surface area (Å²) in [7, 11) is 1.83. The zero-order chi connectivity index (χ0) is 12.7. The molecule has 1 rings (SSSR count). The van der Waals surface area contributed by atoms with E-state index in [0.717, 1.165) is 25.7 Å². The molecule has 0 aromatic rings. The van der Waals surface area contributed by atoms with Gasteiger partial charge in [-0.3, -0.25) is 9.69 Å². The van der Waals surface area contributed by atoms with Gasteiger partial charge in [0.1, 0.15) is 0 Å². The topological polar surface area (TPSA) is 76.4 Å². The minimum absolute atomic E-state index is 0.0932. The summed E-state index contributed by atoms with van der Waals surface area (Å²) in [5.74, 6) is -0.0932. The third kappa shape index (κ3) is 5.16. The van der Waals surface area contributed by atoms with E-state index in [1.54, 1.807) is 0 Å². The van der Waals surface area contributed by atoms with Gasteiger partial charge in [-0.1, -0.05) is 12.8 Å². The third-order valence-corrected chi connectivity index (χ3v) is 3.07. The highest BCUT2D eigenvalue weighted by Gasteiger charge is 2.32. The Morgan fingerprint density at radius 2 is 2.18 bits per heavy atom. The summed E-state index contributed by atoms with van der Waals surface area (Å²) < 4.78 is 0. The number of nitrogens with zero attached hydrogens (tertiary/aromatic N) is 2. The van der Waals surface area contributed by atoms with E-state index in [1.807, 2.05) is 18.0 Å². The normalized spacial score (nSPS) is 18.0. The second-order valence-electron chi connectivity index (χ2n) is 4.86. The number of amides is 1. The van der Waals surface area contributed by atoms with Gasteiger partial charge in [0.15, 0.2) is 0 Å². The fourth-order valence-electron chi connectivity index (χ4n) is 2.31. The lowest BCUT2D eigenvalue weighted by molar-refractivity contribution is -0.122. The summed E-state index contributed by atoms with van der Waals surface area (Å²) in [6.07, 6.45) is 4.12. The van der Waals surface area contributed by atoms with Crippen molar-refractivity contribution >= 4 is 5.91 Å². The standard InChI is InChI=1S/C12H21N3O2/c1-15(9-11(16)14-8-4-7-13)10-12(17)5-2-3-6-12/h17H,2-6,8-10H2,1H3,(H,14,16). The summed E-state index contributed by atoms with van der Waals surface area (Å²) in [5, 5.41) is 21.2. The second kappa shape index (κ2) is 6.58. The van der Waals surface area contributed by atoms with Crippen molar-refractivity contribution in [2.75, 3.05) is 26.7 Å². The van der Waals surface area contributed by atoms with E-state index in [4.69, 9.17) is 5.26 Å². The molecule has 1 saturated carbocycles. The Balaban J connectivity index is 2.22. The van der Waals surface area contributed by atoms with Crippen LogP contribution in [0.2, 0.25) is 0 Å². The van der Waals surface area contributed by atoms with Crippen LogP contribution in [0, 0.1) is 11.3 Å². The summed E-state index contributed by atoms with van der Waals surface area (Å²) in [6.45, 7) is 1.21. The van der Waals surface area contributed by atoms with Crippen LogP contribution in [0.25, 0.3) is 0 Å². The fourth-order valence-corrected chi connectivity index (χ4v) is 2.31. The molecular formula is C12H21N3O2. The minimum atomic E-state index is -0.609. The van der Waals surface area contributed by atoms with Crippen molar-refractivity contribution in [2.45, 2.75) is 37.7 Å². The second-order valence-corrected chi connectivity index (χ2v) is 4.86. The highest BCUT2D eigenvalue weighted by atomic mass is 16.3. The molecule has 0 atom stereocenters. The van der Waals surface area contributed by atoms with Crippen LogP contribution >= 0.6 is 0 Å². The quantitative estimate of drug-likeness (QED) is 0.652. The van der Waals surface area contributed by atoms with Crippen LogP contribution in [0.15, 0.2) is 0 Å². The Kier molecular flexibility index (Phi) is 5.39. The van der Waals surface area contributed by atoms with E-state index >= 15 is 0 Å². The van der Waals surface area contributed by atoms with Crippen LogP contribution in [-0.4, -0.2) is 48.2 Å². The zero-order valence-corrected chi connectivity index (χ0v) is 10.4. The lowest BCUT2D eigenvalue weighted by atomic mass is 10.0. The first kappa shape index (κ1) is 13.9. The highest BCUT2D eigenvalue weighted by Crippen LogP contribution is 2.29. The number of hydrogen-bond donors (Lipinski definition) is 2. The molecule has 1 aliphatic rings. The van der Waals surface area contributed by atoms with Gasteiger partial charge in [-0.15, -0.1) is 0 Å². The molecule has 0 heterocycles. The molecule has 0 aromatic carbocycles. The predicted octanol–water partition coefficient (Wildman–Crippen LogP) is 0.253. The maximum atomic E-state index is 11.5. The van der Waals surface area contributed by atoms with Gasteiger partial charge < -0.3 is 10.4 Å². The minimum Gasteiger partial charge on any atom is -0.389 e. The Morgan fingerprint density at radius 1 is 1.53 bits per heavy atom. The van der Waals surface area contributed by atoms with Crippen molar-refractivity contribution in [3.63, 3.8) is 0 Å². The van der Waals surface area contributed by atoms with Gasteiger partial charge in [-0.25, -0.2) is 0 Å². The van der Waals surface area contributed by atoms with Gasteiger partial charge in [0.05, 0.1) is 24.6 Å². The van der Waals surface area contributed by atoms with Crippen LogP contribution < -0.4 is 5.32 Å². The summed E-state index contributed by atoms with van der Waals surface area (Å²) in [4.78, 5) is 13.3. The predicted molar refractivity (Wildman–Crippen MR) is 64.2 cm³/mol. The van der Waals surface area contributed by atoms with E-state index in [1.165, 1.54) is 0 Å². The molecule has 0 bridgehead atoms. The van der Waals surface area contributed by atoms with E-state index in [9.17, 15) is 9.90 Å². The van der Waals surface area contributed by atoms with Gasteiger partial charge in [-0.05, 0) is 19.9 Å². The lowest BCUT2D eigenvalue weighted by Crippen LogP contribution is -2.43. The first-order chi connectivity index (χ1) is 8.06. The van der Waals surface area contributed by atoms with Crippen molar-refractivity contribution in [3.05, 3.63) is 0 Å². The van der Waals surface area contributed by atoms with Crippen molar-refractivity contribution < 1.29 is 9.90 Å². The van der Waals surface area contributed by atoms with E-state index < -0.39 is 5.60 Å². The number of likely N-dealkylation sites (N-methyl/N-ethyl adjacent to an activating group) is 1. The Labute approximate surface area is 102 Å². The molecule has 1 fully saturated rings. The molecule has 0 aliphatic heterocycles. The average molecular weight is 239 g/mol. The largest absolute Gasteiger partial charge is 0.389 e. The van der Waals surface area contributed by atoms with E-state index in [2.05, 4.69) is 5.32 Å². The van der Waals surface area contributed by atoms with Crippen molar-refractivity contribution in [2.24, 2.45) is 0 Å². The van der Waals surface area contributed by atoms with Crippen molar-refractivity contribution in [1.29, 1.82) is 5.26 Å². The van der Waals surface area contributed by atoms with Gasteiger partial charge >= 0.3 is 0 Å². The number of carbonyl (C=O) groups is 1. The van der Waals surface area contributed by atoms with Gasteiger partial charge in [0.25, 0.3) is 0 Å². The molecule has 5 heteroatoms. The molecule has 17 heavy (non-hydrogen) atoms. The molecule has 1 amide bonds. The first-order valence-corrected chi connectivity index (χ1v) is 6.10. The molecule has 0 unspecified atom stereocenters. The van der Waals surface area contributed by atoms with Crippen molar-refractivity contribution in [1.82, 2.24) is 10.2 Å². The molecular weight excluding hydrogens is 218 g/mol. The molecule has 0 aromatic heterocycles. The molecule has 0 spiro atoms. The van der Waals surface area contributed by atoms with Gasteiger partial charge in [0.2, 0.25) is 5.91 Å². The maximum absolute atomic E-state index is 11.5. The Hall–Kier alpha value is -1.12. The SMILES string of the molecule is CN(CC(=O)NCCC#N)CC1(O)CCCC1. The van der Waals surface area contributed by atoms with Crippen LogP contribution in [0.4, 0.5) is 0 Å².